The van der Waals surface area contributed by atoms with Gasteiger partial charge in [0.1, 0.15) is 6.61 Å². The quantitative estimate of drug-likeness (QED) is 0.471. The Morgan fingerprint density at radius 3 is 2.21 bits per heavy atom. The first-order chi connectivity index (χ1) is 15.9. The summed E-state index contributed by atoms with van der Waals surface area (Å²) in [6.07, 6.45) is 1.68. The Bertz CT molecular complexity index is 945. The zero-order valence-corrected chi connectivity index (χ0v) is 19.2. The Kier molecular flexibility index (Phi) is 8.46. The van der Waals surface area contributed by atoms with Gasteiger partial charge in [-0.05, 0) is 28.7 Å². The second-order valence-electron chi connectivity index (χ2n) is 8.55. The largest absolute Gasteiger partial charge is 0.481 e. The van der Waals surface area contributed by atoms with Crippen molar-refractivity contribution >= 4 is 18.0 Å². The van der Waals surface area contributed by atoms with Gasteiger partial charge in [-0.2, -0.15) is 0 Å². The van der Waals surface area contributed by atoms with Crippen LogP contribution in [0.15, 0.2) is 48.5 Å². The lowest BCUT2D eigenvalue weighted by Crippen LogP contribution is -2.43. The number of carbonyl (C=O) groups excluding carboxylic acids is 2. The van der Waals surface area contributed by atoms with Crippen LogP contribution < -0.4 is 10.6 Å². The molecule has 0 saturated carbocycles. The topological polar surface area (TPSA) is 105 Å². The highest BCUT2D eigenvalue weighted by Crippen LogP contribution is 2.44. The van der Waals surface area contributed by atoms with Gasteiger partial charge in [0, 0.05) is 18.5 Å². The number of nitrogens with one attached hydrogen (secondary N) is 2. The third kappa shape index (κ3) is 6.34. The molecular weight excluding hydrogens is 420 g/mol. The lowest BCUT2D eigenvalue weighted by molar-refractivity contribution is -0.137. The van der Waals surface area contributed by atoms with Crippen LogP contribution in [-0.4, -0.2) is 42.3 Å². The van der Waals surface area contributed by atoms with E-state index < -0.39 is 24.0 Å². The number of hydrogen-bond donors (Lipinski definition) is 3. The van der Waals surface area contributed by atoms with Crippen molar-refractivity contribution in [3.05, 3.63) is 59.7 Å². The highest BCUT2D eigenvalue weighted by molar-refractivity contribution is 5.81. The fraction of sp³-hybridized carbons (Fsp3) is 0.423. The van der Waals surface area contributed by atoms with E-state index in [0.717, 1.165) is 35.1 Å². The number of benzene rings is 2. The average molecular weight is 453 g/mol. The molecule has 0 spiro atoms. The lowest BCUT2D eigenvalue weighted by Gasteiger charge is -2.20. The average Bonchev–Trinajstić information content (AvgIpc) is 3.13. The van der Waals surface area contributed by atoms with Crippen molar-refractivity contribution in [3.63, 3.8) is 0 Å². The summed E-state index contributed by atoms with van der Waals surface area (Å²) < 4.78 is 5.50. The summed E-state index contributed by atoms with van der Waals surface area (Å²) in [5.41, 5.74) is 4.59. The van der Waals surface area contributed by atoms with E-state index in [1.54, 1.807) is 6.92 Å². The molecule has 33 heavy (non-hydrogen) atoms. The maximum absolute atomic E-state index is 12.5. The van der Waals surface area contributed by atoms with Gasteiger partial charge in [0.05, 0.1) is 12.3 Å². The summed E-state index contributed by atoms with van der Waals surface area (Å²) in [7, 11) is 0. The third-order valence-electron chi connectivity index (χ3n) is 6.02. The van der Waals surface area contributed by atoms with Crippen LogP contribution >= 0.6 is 0 Å². The Morgan fingerprint density at radius 1 is 1.03 bits per heavy atom. The molecule has 176 valence electrons. The van der Waals surface area contributed by atoms with Gasteiger partial charge in [0.2, 0.25) is 5.91 Å². The van der Waals surface area contributed by atoms with E-state index in [9.17, 15) is 14.4 Å². The van der Waals surface area contributed by atoms with E-state index in [4.69, 9.17) is 9.84 Å². The molecule has 1 aliphatic rings. The minimum atomic E-state index is -0.944. The standard InChI is InChI=1S/C26H32N2O5/c1-3-4-9-18(14-24(29)30)28-25(31)17(2)15-27-26(32)33-16-23-21-12-7-5-10-19(21)20-11-6-8-13-22(20)23/h5-8,10-13,17-18,23H,3-4,9,14-16H2,1-2H3,(H,27,32)(H,28,31)(H,29,30)/t17?,18-/m1/s1. The Labute approximate surface area is 194 Å². The molecule has 3 N–H and O–H groups in total. The lowest BCUT2D eigenvalue weighted by atomic mass is 9.98. The molecular formula is C26H32N2O5. The van der Waals surface area contributed by atoms with Gasteiger partial charge in [-0.3, -0.25) is 9.59 Å². The number of fused-ring (bicyclic) bond motifs is 3. The second kappa shape index (κ2) is 11.5. The van der Waals surface area contributed by atoms with Crippen LogP contribution in [0.5, 0.6) is 0 Å². The van der Waals surface area contributed by atoms with Crippen LogP contribution in [0.25, 0.3) is 11.1 Å². The molecule has 0 heterocycles. The highest BCUT2D eigenvalue weighted by atomic mass is 16.5. The van der Waals surface area contributed by atoms with Gasteiger partial charge >= 0.3 is 12.1 Å². The molecule has 2 amide bonds. The molecule has 0 fully saturated rings. The SMILES string of the molecule is CCCC[C@H](CC(=O)O)NC(=O)C(C)CNC(=O)OCC1c2ccccc2-c2ccccc21. The molecule has 2 aromatic rings. The van der Waals surface area contributed by atoms with Crippen LogP contribution in [0.3, 0.4) is 0 Å². The monoisotopic (exact) mass is 452 g/mol. The molecule has 1 aliphatic carbocycles. The first-order valence-electron chi connectivity index (χ1n) is 11.5. The molecule has 2 atom stereocenters. The molecule has 0 aromatic heterocycles. The normalized spacial score (nSPS) is 14.0. The number of carboxylic acid groups (broad SMARTS) is 1. The molecule has 7 nitrogen and oxygen atoms in total. The maximum Gasteiger partial charge on any atom is 0.407 e. The van der Waals surface area contributed by atoms with E-state index in [1.165, 1.54) is 0 Å². The molecule has 0 saturated heterocycles. The molecule has 1 unspecified atom stereocenters. The number of unbranched alkanes of at least 4 members (excludes halogenated alkanes) is 1. The van der Waals surface area contributed by atoms with E-state index in [2.05, 4.69) is 34.9 Å². The minimum absolute atomic E-state index is 0.0285. The van der Waals surface area contributed by atoms with Crippen molar-refractivity contribution in [2.45, 2.75) is 51.5 Å². The maximum atomic E-state index is 12.5. The summed E-state index contributed by atoms with van der Waals surface area (Å²) in [5.74, 6) is -1.76. The second-order valence-corrected chi connectivity index (χ2v) is 8.55. The molecule has 3 rings (SSSR count). The van der Waals surface area contributed by atoms with E-state index >= 15 is 0 Å². The fourth-order valence-electron chi connectivity index (χ4n) is 4.21. The van der Waals surface area contributed by atoms with Crippen LogP contribution in [0, 0.1) is 5.92 Å². The number of ether oxygens (including phenoxy) is 1. The minimum Gasteiger partial charge on any atom is -0.481 e. The number of rotatable bonds is 11. The summed E-state index contributed by atoms with van der Waals surface area (Å²) in [6, 6.07) is 15.8. The molecule has 0 aliphatic heterocycles. The van der Waals surface area contributed by atoms with Crippen LogP contribution in [0.2, 0.25) is 0 Å². The number of hydrogen-bond acceptors (Lipinski definition) is 4. The predicted molar refractivity (Wildman–Crippen MR) is 126 cm³/mol. The molecule has 0 radical (unpaired) electrons. The predicted octanol–water partition coefficient (Wildman–Crippen LogP) is 4.31. The van der Waals surface area contributed by atoms with E-state index in [1.807, 2.05) is 31.2 Å². The summed E-state index contributed by atoms with van der Waals surface area (Å²) in [6.45, 7) is 4.02. The van der Waals surface area contributed by atoms with Crippen molar-refractivity contribution < 1.29 is 24.2 Å². The first-order valence-corrected chi connectivity index (χ1v) is 11.5. The van der Waals surface area contributed by atoms with Crippen molar-refractivity contribution in [2.24, 2.45) is 5.92 Å². The number of carboxylic acids is 1. The first kappa shape index (κ1) is 24.3. The third-order valence-corrected chi connectivity index (χ3v) is 6.02. The molecule has 0 bridgehead atoms. The van der Waals surface area contributed by atoms with Gasteiger partial charge in [-0.1, -0.05) is 75.2 Å². The van der Waals surface area contributed by atoms with E-state index in [0.29, 0.717) is 6.42 Å². The van der Waals surface area contributed by atoms with Gasteiger partial charge in [-0.25, -0.2) is 4.79 Å². The van der Waals surface area contributed by atoms with Gasteiger partial charge in [0.15, 0.2) is 0 Å². The summed E-state index contributed by atoms with van der Waals surface area (Å²) in [4.78, 5) is 35.8. The zero-order chi connectivity index (χ0) is 23.8. The van der Waals surface area contributed by atoms with E-state index in [-0.39, 0.29) is 31.4 Å². The van der Waals surface area contributed by atoms with Crippen molar-refractivity contribution in [2.75, 3.05) is 13.2 Å². The number of aliphatic carboxylic acids is 1. The van der Waals surface area contributed by atoms with Gasteiger partial charge in [0.25, 0.3) is 0 Å². The highest BCUT2D eigenvalue weighted by Gasteiger charge is 2.29. The van der Waals surface area contributed by atoms with Crippen molar-refractivity contribution in [3.8, 4) is 11.1 Å². The molecule has 7 heteroatoms. The Morgan fingerprint density at radius 2 is 1.64 bits per heavy atom. The van der Waals surface area contributed by atoms with Crippen molar-refractivity contribution in [1.82, 2.24) is 10.6 Å². The molecule has 2 aromatic carbocycles. The number of carbonyl (C=O) groups is 3. The summed E-state index contributed by atoms with van der Waals surface area (Å²) in [5, 5.41) is 14.5. The smallest absolute Gasteiger partial charge is 0.407 e. The Hall–Kier alpha value is -3.35. The zero-order valence-electron chi connectivity index (χ0n) is 19.2. The van der Waals surface area contributed by atoms with Crippen LogP contribution in [0.4, 0.5) is 4.79 Å². The fourth-order valence-corrected chi connectivity index (χ4v) is 4.21. The number of alkyl carbamates (subject to hydrolysis) is 1. The Balaban J connectivity index is 1.49. The van der Waals surface area contributed by atoms with Gasteiger partial charge in [-0.15, -0.1) is 0 Å². The van der Waals surface area contributed by atoms with Gasteiger partial charge < -0.3 is 20.5 Å². The van der Waals surface area contributed by atoms with Crippen molar-refractivity contribution in [1.29, 1.82) is 0 Å². The number of amides is 2. The van der Waals surface area contributed by atoms with Crippen LogP contribution in [0.1, 0.15) is 56.6 Å². The van der Waals surface area contributed by atoms with Crippen LogP contribution in [-0.2, 0) is 14.3 Å². The summed E-state index contributed by atoms with van der Waals surface area (Å²) >= 11 is 0.